The Hall–Kier alpha value is -0.390. The lowest BCUT2D eigenvalue weighted by Gasteiger charge is -2.05. The summed E-state index contributed by atoms with van der Waals surface area (Å²) in [5, 5.41) is 0.739. The molecular formula is C10H12BrNO2S. The molecule has 0 unspecified atom stereocenters. The molecule has 1 aliphatic rings. The van der Waals surface area contributed by atoms with E-state index in [1.165, 1.54) is 0 Å². The van der Waals surface area contributed by atoms with Gasteiger partial charge in [0.15, 0.2) is 0 Å². The van der Waals surface area contributed by atoms with Gasteiger partial charge in [0.1, 0.15) is 0 Å². The van der Waals surface area contributed by atoms with Crippen LogP contribution in [0.4, 0.5) is 0 Å². The van der Waals surface area contributed by atoms with E-state index in [1.807, 2.05) is 12.1 Å². The van der Waals surface area contributed by atoms with Gasteiger partial charge in [0, 0.05) is 11.4 Å². The van der Waals surface area contributed by atoms with Gasteiger partial charge in [0.2, 0.25) is 10.0 Å². The van der Waals surface area contributed by atoms with Crippen molar-refractivity contribution in [1.82, 2.24) is 4.72 Å². The Morgan fingerprint density at radius 3 is 2.33 bits per heavy atom. The minimum atomic E-state index is -3.29. The van der Waals surface area contributed by atoms with Crippen LogP contribution in [0.15, 0.2) is 29.2 Å². The highest BCUT2D eigenvalue weighted by Gasteiger charge is 2.27. The van der Waals surface area contributed by atoms with Crippen LogP contribution < -0.4 is 4.72 Å². The molecule has 1 aromatic carbocycles. The molecule has 1 N–H and O–H groups in total. The molecule has 3 nitrogen and oxygen atoms in total. The molecule has 0 aromatic heterocycles. The van der Waals surface area contributed by atoms with Crippen molar-refractivity contribution in [1.29, 1.82) is 0 Å². The molecule has 1 aliphatic carbocycles. The Morgan fingerprint density at radius 2 is 1.87 bits per heavy atom. The lowest BCUT2D eigenvalue weighted by molar-refractivity contribution is 0.581. The number of rotatable bonds is 4. The number of hydrogen-bond acceptors (Lipinski definition) is 2. The van der Waals surface area contributed by atoms with Crippen LogP contribution in [0, 0.1) is 0 Å². The largest absolute Gasteiger partial charge is 0.240 e. The predicted octanol–water partition coefficient (Wildman–Crippen LogP) is 2.02. The van der Waals surface area contributed by atoms with Gasteiger partial charge in [0.05, 0.1) is 4.90 Å². The summed E-state index contributed by atoms with van der Waals surface area (Å²) in [5.41, 5.74) is 1.07. The summed E-state index contributed by atoms with van der Waals surface area (Å²) < 4.78 is 26.2. The standard InChI is InChI=1S/C10H12BrNO2S/c11-7-8-1-5-10(6-2-8)15(13,14)12-9-3-4-9/h1-2,5-6,9,12H,3-4,7H2. The van der Waals surface area contributed by atoms with Crippen LogP contribution in [0.5, 0.6) is 0 Å². The number of alkyl halides is 1. The summed E-state index contributed by atoms with van der Waals surface area (Å²) in [5.74, 6) is 0. The molecule has 0 bridgehead atoms. The number of halogens is 1. The predicted molar refractivity (Wildman–Crippen MR) is 62.4 cm³/mol. The molecule has 1 saturated carbocycles. The first-order valence-corrected chi connectivity index (χ1v) is 7.39. The van der Waals surface area contributed by atoms with Crippen molar-refractivity contribution in [2.75, 3.05) is 0 Å². The second-order valence-corrected chi connectivity index (χ2v) is 5.95. The maximum atomic E-state index is 11.8. The first kappa shape index (κ1) is 11.1. The summed E-state index contributed by atoms with van der Waals surface area (Å²) >= 11 is 3.32. The van der Waals surface area contributed by atoms with E-state index >= 15 is 0 Å². The fourth-order valence-corrected chi connectivity index (χ4v) is 2.93. The average molecular weight is 290 g/mol. The van der Waals surface area contributed by atoms with E-state index in [4.69, 9.17) is 0 Å². The number of hydrogen-bond donors (Lipinski definition) is 1. The normalized spacial score (nSPS) is 16.6. The first-order chi connectivity index (χ1) is 7.12. The van der Waals surface area contributed by atoms with E-state index in [2.05, 4.69) is 20.7 Å². The van der Waals surface area contributed by atoms with Gasteiger partial charge < -0.3 is 0 Å². The third kappa shape index (κ3) is 2.80. The van der Waals surface area contributed by atoms with Crippen LogP contribution in [-0.2, 0) is 15.4 Å². The third-order valence-corrected chi connectivity index (χ3v) is 4.47. The summed E-state index contributed by atoms with van der Waals surface area (Å²) in [6, 6.07) is 7.07. The van der Waals surface area contributed by atoms with Gasteiger partial charge in [-0.15, -0.1) is 0 Å². The first-order valence-electron chi connectivity index (χ1n) is 4.79. The van der Waals surface area contributed by atoms with E-state index in [1.54, 1.807) is 12.1 Å². The Balaban J connectivity index is 2.19. The summed E-state index contributed by atoms with van der Waals surface area (Å²) in [7, 11) is -3.29. The zero-order valence-corrected chi connectivity index (χ0v) is 10.5. The fourth-order valence-electron chi connectivity index (χ4n) is 1.25. The van der Waals surface area contributed by atoms with Crippen LogP contribution in [0.3, 0.4) is 0 Å². The van der Waals surface area contributed by atoms with Gasteiger partial charge in [-0.3, -0.25) is 0 Å². The molecular weight excluding hydrogens is 278 g/mol. The summed E-state index contributed by atoms with van der Waals surface area (Å²) in [6.07, 6.45) is 1.91. The van der Waals surface area contributed by atoms with Crippen molar-refractivity contribution in [3.63, 3.8) is 0 Å². The average Bonchev–Trinajstić information content (AvgIpc) is 3.01. The lowest BCUT2D eigenvalue weighted by Crippen LogP contribution is -2.25. The smallest absolute Gasteiger partial charge is 0.208 e. The van der Waals surface area contributed by atoms with Gasteiger partial charge in [-0.05, 0) is 30.5 Å². The number of sulfonamides is 1. The van der Waals surface area contributed by atoms with E-state index < -0.39 is 10.0 Å². The van der Waals surface area contributed by atoms with Crippen LogP contribution in [0.25, 0.3) is 0 Å². The van der Waals surface area contributed by atoms with Crippen LogP contribution >= 0.6 is 15.9 Å². The summed E-state index contributed by atoms with van der Waals surface area (Å²) in [4.78, 5) is 0.346. The molecule has 0 atom stereocenters. The molecule has 2 rings (SSSR count). The molecule has 15 heavy (non-hydrogen) atoms. The van der Waals surface area contributed by atoms with E-state index in [0.717, 1.165) is 23.7 Å². The van der Waals surface area contributed by atoms with Crippen molar-refractivity contribution < 1.29 is 8.42 Å². The monoisotopic (exact) mass is 289 g/mol. The third-order valence-electron chi connectivity index (χ3n) is 2.29. The Labute approximate surface area is 98.1 Å². The van der Waals surface area contributed by atoms with Crippen LogP contribution in [-0.4, -0.2) is 14.5 Å². The van der Waals surface area contributed by atoms with E-state index in [0.29, 0.717) is 4.90 Å². The molecule has 0 heterocycles. The van der Waals surface area contributed by atoms with Crippen LogP contribution in [0.1, 0.15) is 18.4 Å². The maximum Gasteiger partial charge on any atom is 0.240 e. The quantitative estimate of drug-likeness (QED) is 0.862. The van der Waals surface area contributed by atoms with Gasteiger partial charge in [0.25, 0.3) is 0 Å². The molecule has 82 valence electrons. The molecule has 0 aliphatic heterocycles. The lowest BCUT2D eigenvalue weighted by atomic mass is 10.2. The topological polar surface area (TPSA) is 46.2 Å². The van der Waals surface area contributed by atoms with Crippen molar-refractivity contribution >= 4 is 26.0 Å². The van der Waals surface area contributed by atoms with E-state index in [-0.39, 0.29) is 6.04 Å². The minimum Gasteiger partial charge on any atom is -0.208 e. The zero-order chi connectivity index (χ0) is 10.9. The van der Waals surface area contributed by atoms with Crippen molar-refractivity contribution in [3.05, 3.63) is 29.8 Å². The highest BCUT2D eigenvalue weighted by atomic mass is 79.9. The van der Waals surface area contributed by atoms with E-state index in [9.17, 15) is 8.42 Å². The Morgan fingerprint density at radius 1 is 1.27 bits per heavy atom. The zero-order valence-electron chi connectivity index (χ0n) is 8.11. The second kappa shape index (κ2) is 4.23. The second-order valence-electron chi connectivity index (χ2n) is 3.67. The molecule has 1 fully saturated rings. The van der Waals surface area contributed by atoms with Gasteiger partial charge >= 0.3 is 0 Å². The SMILES string of the molecule is O=S(=O)(NC1CC1)c1ccc(CBr)cc1. The number of nitrogens with one attached hydrogen (secondary N) is 1. The molecule has 5 heteroatoms. The molecule has 0 radical (unpaired) electrons. The van der Waals surface area contributed by atoms with Crippen molar-refractivity contribution in [2.24, 2.45) is 0 Å². The van der Waals surface area contributed by atoms with Gasteiger partial charge in [-0.1, -0.05) is 28.1 Å². The fraction of sp³-hybridized carbons (Fsp3) is 0.400. The van der Waals surface area contributed by atoms with Gasteiger partial charge in [-0.2, -0.15) is 0 Å². The summed E-state index contributed by atoms with van der Waals surface area (Å²) in [6.45, 7) is 0. The highest BCUT2D eigenvalue weighted by molar-refractivity contribution is 9.08. The minimum absolute atomic E-state index is 0.158. The van der Waals surface area contributed by atoms with Crippen LogP contribution in [0.2, 0.25) is 0 Å². The van der Waals surface area contributed by atoms with Crippen molar-refractivity contribution in [2.45, 2.75) is 29.1 Å². The van der Waals surface area contributed by atoms with Gasteiger partial charge in [-0.25, -0.2) is 13.1 Å². The van der Waals surface area contributed by atoms with Crippen molar-refractivity contribution in [3.8, 4) is 0 Å². The molecule has 1 aromatic rings. The number of benzene rings is 1. The Bertz CT molecular complexity index is 437. The Kier molecular flexibility index (Phi) is 3.13. The molecule has 0 saturated heterocycles. The highest BCUT2D eigenvalue weighted by Crippen LogP contribution is 2.22. The molecule has 0 amide bonds. The maximum absolute atomic E-state index is 11.8. The molecule has 0 spiro atoms.